The predicted molar refractivity (Wildman–Crippen MR) is 66.8 cm³/mol. The molecule has 2 aromatic rings. The van der Waals surface area contributed by atoms with E-state index in [4.69, 9.17) is 0 Å². The van der Waals surface area contributed by atoms with E-state index in [1.54, 1.807) is 12.5 Å². The molecule has 0 N–H and O–H groups in total. The molecule has 0 saturated carbocycles. The maximum Gasteiger partial charge on any atom is 0.127 e. The molecule has 0 fully saturated rings. The van der Waals surface area contributed by atoms with Gasteiger partial charge in [-0.25, -0.2) is 4.37 Å². The lowest BCUT2D eigenvalue weighted by Gasteiger charge is -1.94. The quantitative estimate of drug-likeness (QED) is 0.791. The molecule has 0 aliphatic heterocycles. The van der Waals surface area contributed by atoms with Crippen LogP contribution >= 0.6 is 11.5 Å². The van der Waals surface area contributed by atoms with Crippen molar-refractivity contribution >= 4 is 11.5 Å². The number of rotatable bonds is 2. The van der Waals surface area contributed by atoms with Crippen LogP contribution in [0.2, 0.25) is 0 Å². The molecule has 16 heavy (non-hydrogen) atoms. The van der Waals surface area contributed by atoms with Crippen LogP contribution in [-0.4, -0.2) is 9.53 Å². The zero-order chi connectivity index (χ0) is 12.0. The Kier molecular flexibility index (Phi) is 5.19. The highest BCUT2D eigenvalue weighted by Crippen LogP contribution is 2.13. The molecular formula is C12H18N2OS. The lowest BCUT2D eigenvalue weighted by Crippen LogP contribution is -1.79. The molecule has 0 bridgehead atoms. The van der Waals surface area contributed by atoms with Gasteiger partial charge in [-0.05, 0) is 28.9 Å². The van der Waals surface area contributed by atoms with Gasteiger partial charge >= 0.3 is 0 Å². The molecule has 4 heteroatoms. The molecule has 0 spiro atoms. The molecule has 0 aromatic carbocycles. The Hall–Kier alpha value is -1.16. The van der Waals surface area contributed by atoms with Gasteiger partial charge in [0.2, 0.25) is 0 Å². The van der Waals surface area contributed by atoms with Crippen molar-refractivity contribution in [3.8, 4) is 0 Å². The smallest absolute Gasteiger partial charge is 0.127 e. The Morgan fingerprint density at radius 3 is 2.00 bits per heavy atom. The highest BCUT2D eigenvalue weighted by atomic mass is 32.1. The molecule has 2 heterocycles. The van der Waals surface area contributed by atoms with Crippen LogP contribution in [0.3, 0.4) is 0 Å². The van der Waals surface area contributed by atoms with E-state index in [2.05, 4.69) is 47.1 Å². The number of aromatic nitrogens is 2. The highest BCUT2D eigenvalue weighted by molar-refractivity contribution is 7.03. The minimum Gasteiger partial charge on any atom is -0.364 e. The molecule has 0 saturated heterocycles. The van der Waals surface area contributed by atoms with Crippen LogP contribution in [0.4, 0.5) is 0 Å². The molecule has 0 atom stereocenters. The number of hydrogen-bond donors (Lipinski definition) is 0. The maximum absolute atomic E-state index is 4.63. The Morgan fingerprint density at radius 1 is 1.06 bits per heavy atom. The summed E-state index contributed by atoms with van der Waals surface area (Å²) in [5.41, 5.74) is 2.50. The molecular weight excluding hydrogens is 220 g/mol. The van der Waals surface area contributed by atoms with Crippen molar-refractivity contribution in [2.75, 3.05) is 0 Å². The van der Waals surface area contributed by atoms with E-state index in [1.165, 1.54) is 17.1 Å². The van der Waals surface area contributed by atoms with Gasteiger partial charge in [0, 0.05) is 17.1 Å². The van der Waals surface area contributed by atoms with Crippen molar-refractivity contribution in [3.63, 3.8) is 0 Å². The predicted octanol–water partition coefficient (Wildman–Crippen LogP) is 4.06. The Bertz CT molecular complexity index is 327. The molecule has 0 aliphatic carbocycles. The van der Waals surface area contributed by atoms with Gasteiger partial charge in [0.15, 0.2) is 0 Å². The van der Waals surface area contributed by atoms with Crippen LogP contribution in [0, 0.1) is 0 Å². The summed E-state index contributed by atoms with van der Waals surface area (Å²) < 4.78 is 8.61. The highest BCUT2D eigenvalue weighted by Gasteiger charge is 1.98. The largest absolute Gasteiger partial charge is 0.364 e. The normalized spacial score (nSPS) is 10.4. The van der Waals surface area contributed by atoms with Gasteiger partial charge in [-0.15, -0.1) is 0 Å². The van der Waals surface area contributed by atoms with Crippen molar-refractivity contribution in [2.45, 2.75) is 39.5 Å². The first kappa shape index (κ1) is 12.9. The summed E-state index contributed by atoms with van der Waals surface area (Å²) in [4.78, 5) is 0. The molecule has 88 valence electrons. The van der Waals surface area contributed by atoms with Gasteiger partial charge in [0.25, 0.3) is 0 Å². The van der Waals surface area contributed by atoms with E-state index < -0.39 is 0 Å². The Morgan fingerprint density at radius 2 is 1.75 bits per heavy atom. The minimum atomic E-state index is 0.529. The molecule has 2 rings (SSSR count). The first-order valence-corrected chi connectivity index (χ1v) is 6.23. The van der Waals surface area contributed by atoms with E-state index >= 15 is 0 Å². The fourth-order valence-corrected chi connectivity index (χ4v) is 1.69. The van der Waals surface area contributed by atoms with Crippen molar-refractivity contribution in [2.24, 2.45) is 0 Å². The minimum absolute atomic E-state index is 0.529. The van der Waals surface area contributed by atoms with Gasteiger partial charge in [-0.3, -0.25) is 0 Å². The summed E-state index contributed by atoms with van der Waals surface area (Å²) in [7, 11) is 0. The molecule has 0 amide bonds. The fourth-order valence-electron chi connectivity index (χ4n) is 0.996. The standard InChI is InChI=1S/C6H9NO.C6H9NS/c2*1-5(2)6-3-7-8-4-6/h2*3-5H,1-2H3. The van der Waals surface area contributed by atoms with Crippen molar-refractivity contribution in [3.05, 3.63) is 35.2 Å². The summed E-state index contributed by atoms with van der Waals surface area (Å²) >= 11 is 1.52. The third-order valence-corrected chi connectivity index (χ3v) is 2.84. The molecule has 2 aromatic heterocycles. The summed E-state index contributed by atoms with van der Waals surface area (Å²) in [6, 6.07) is 0. The first-order chi connectivity index (χ1) is 7.61. The summed E-state index contributed by atoms with van der Waals surface area (Å²) in [5.74, 6) is 1.16. The molecule has 0 radical (unpaired) electrons. The lowest BCUT2D eigenvalue weighted by molar-refractivity contribution is 0.418. The average molecular weight is 238 g/mol. The molecule has 3 nitrogen and oxygen atoms in total. The fraction of sp³-hybridized carbons (Fsp3) is 0.500. The zero-order valence-corrected chi connectivity index (χ0v) is 11.0. The number of hydrogen-bond acceptors (Lipinski definition) is 4. The van der Waals surface area contributed by atoms with Crippen LogP contribution in [0.5, 0.6) is 0 Å². The van der Waals surface area contributed by atoms with Gasteiger partial charge in [0.05, 0.1) is 6.20 Å². The Balaban J connectivity index is 0.000000160. The van der Waals surface area contributed by atoms with Gasteiger partial charge in [-0.2, -0.15) is 0 Å². The van der Waals surface area contributed by atoms with E-state index in [1.807, 2.05) is 6.20 Å². The average Bonchev–Trinajstić information content (AvgIpc) is 2.93. The summed E-state index contributed by atoms with van der Waals surface area (Å²) in [5, 5.41) is 5.66. The maximum atomic E-state index is 4.63. The molecule has 0 aliphatic rings. The van der Waals surface area contributed by atoms with Crippen LogP contribution in [0.15, 0.2) is 28.6 Å². The van der Waals surface area contributed by atoms with Crippen LogP contribution in [-0.2, 0) is 0 Å². The van der Waals surface area contributed by atoms with Gasteiger partial charge in [-0.1, -0.05) is 32.9 Å². The topological polar surface area (TPSA) is 38.9 Å². The summed E-state index contributed by atoms with van der Waals surface area (Å²) in [6.07, 6.45) is 5.34. The van der Waals surface area contributed by atoms with Crippen molar-refractivity contribution in [1.29, 1.82) is 0 Å². The third kappa shape index (κ3) is 4.14. The van der Waals surface area contributed by atoms with Crippen LogP contribution in [0.25, 0.3) is 0 Å². The zero-order valence-electron chi connectivity index (χ0n) is 10.2. The SMILES string of the molecule is CC(C)c1cnoc1.CC(C)c1cnsc1. The monoisotopic (exact) mass is 238 g/mol. The second-order valence-corrected chi connectivity index (χ2v) is 4.88. The molecule has 0 unspecified atom stereocenters. The van der Waals surface area contributed by atoms with E-state index in [0.29, 0.717) is 11.8 Å². The second kappa shape index (κ2) is 6.43. The van der Waals surface area contributed by atoms with Gasteiger partial charge < -0.3 is 4.52 Å². The first-order valence-electron chi connectivity index (χ1n) is 5.39. The van der Waals surface area contributed by atoms with Crippen molar-refractivity contribution < 1.29 is 4.52 Å². The lowest BCUT2D eigenvalue weighted by atomic mass is 10.1. The van der Waals surface area contributed by atoms with Gasteiger partial charge in [0.1, 0.15) is 6.26 Å². The van der Waals surface area contributed by atoms with Crippen molar-refractivity contribution in [1.82, 2.24) is 9.53 Å². The van der Waals surface area contributed by atoms with Crippen LogP contribution in [0.1, 0.15) is 50.7 Å². The second-order valence-electron chi connectivity index (χ2n) is 4.22. The third-order valence-electron chi connectivity index (χ3n) is 2.24. The summed E-state index contributed by atoms with van der Waals surface area (Å²) in [6.45, 7) is 8.55. The van der Waals surface area contributed by atoms with Crippen LogP contribution < -0.4 is 0 Å². The van der Waals surface area contributed by atoms with E-state index in [-0.39, 0.29) is 0 Å². The Labute approximate surface area is 101 Å². The number of nitrogens with zero attached hydrogens (tertiary/aromatic N) is 2. The van der Waals surface area contributed by atoms with E-state index in [0.717, 1.165) is 5.56 Å². The van der Waals surface area contributed by atoms with E-state index in [9.17, 15) is 0 Å².